The zero-order valence-corrected chi connectivity index (χ0v) is 13.8. The van der Waals surface area contributed by atoms with Gasteiger partial charge in [-0.25, -0.2) is 4.98 Å². The average molecular weight is 327 g/mol. The molecule has 0 bridgehead atoms. The van der Waals surface area contributed by atoms with Crippen molar-refractivity contribution in [2.45, 2.75) is 25.8 Å². The van der Waals surface area contributed by atoms with E-state index in [0.29, 0.717) is 36.8 Å². The number of likely N-dealkylation sites (tertiary alicyclic amines) is 1. The smallest absolute Gasteiger partial charge is 0.257 e. The zero-order chi connectivity index (χ0) is 16.5. The van der Waals surface area contributed by atoms with Gasteiger partial charge in [0.1, 0.15) is 19.0 Å². The van der Waals surface area contributed by atoms with Gasteiger partial charge in [0.05, 0.1) is 11.6 Å². The van der Waals surface area contributed by atoms with Crippen LogP contribution < -0.4 is 9.47 Å². The van der Waals surface area contributed by atoms with Crippen LogP contribution in [-0.4, -0.2) is 46.7 Å². The Morgan fingerprint density at radius 1 is 1.29 bits per heavy atom. The van der Waals surface area contributed by atoms with Crippen LogP contribution in [0.15, 0.2) is 30.6 Å². The second kappa shape index (κ2) is 6.19. The highest BCUT2D eigenvalue weighted by Gasteiger charge is 2.29. The average Bonchev–Trinajstić information content (AvgIpc) is 3.07. The van der Waals surface area contributed by atoms with Crippen molar-refractivity contribution in [2.75, 3.05) is 26.3 Å². The van der Waals surface area contributed by atoms with Crippen LogP contribution in [0, 0.1) is 6.92 Å². The van der Waals surface area contributed by atoms with E-state index in [9.17, 15) is 4.79 Å². The number of carbonyl (C=O) groups excluding carboxylic acids is 1. The third-order valence-corrected chi connectivity index (χ3v) is 4.74. The number of benzene rings is 1. The number of fused-ring (bicyclic) bond motifs is 1. The molecule has 1 amide bonds. The minimum atomic E-state index is 0.0137. The molecular weight excluding hydrogens is 306 g/mol. The maximum atomic E-state index is 13.0. The number of ether oxygens (including phenoxy) is 2. The lowest BCUT2D eigenvalue weighted by Gasteiger charge is -2.34. The molecule has 24 heavy (non-hydrogen) atoms. The van der Waals surface area contributed by atoms with Crippen molar-refractivity contribution < 1.29 is 14.3 Å². The van der Waals surface area contributed by atoms with Crippen molar-refractivity contribution in [1.82, 2.24) is 14.5 Å². The van der Waals surface area contributed by atoms with Crippen molar-refractivity contribution >= 4 is 5.91 Å². The lowest BCUT2D eigenvalue weighted by atomic mass is 10.0. The van der Waals surface area contributed by atoms with Gasteiger partial charge in [-0.05, 0) is 31.9 Å². The standard InChI is InChI=1S/C18H21N3O3/c1-13-19-7-9-21(13)14-4-3-8-20(12-14)18(22)15-5-2-6-16-17(15)24-11-10-23-16/h2,5-7,9,14H,3-4,8,10-12H2,1H3/t14-/m0/s1. The van der Waals surface area contributed by atoms with E-state index in [-0.39, 0.29) is 11.9 Å². The molecule has 2 aliphatic heterocycles. The summed E-state index contributed by atoms with van der Waals surface area (Å²) in [5, 5.41) is 0. The minimum Gasteiger partial charge on any atom is -0.486 e. The van der Waals surface area contributed by atoms with Gasteiger partial charge >= 0.3 is 0 Å². The molecule has 0 saturated carbocycles. The second-order valence-electron chi connectivity index (χ2n) is 6.26. The molecular formula is C18H21N3O3. The number of amides is 1. The van der Waals surface area contributed by atoms with Crippen molar-refractivity contribution in [2.24, 2.45) is 0 Å². The summed E-state index contributed by atoms with van der Waals surface area (Å²) in [6, 6.07) is 5.80. The van der Waals surface area contributed by atoms with E-state index in [0.717, 1.165) is 25.2 Å². The predicted octanol–water partition coefficient (Wildman–Crippen LogP) is 2.44. The molecule has 3 heterocycles. The van der Waals surface area contributed by atoms with E-state index < -0.39 is 0 Å². The number of carbonyl (C=O) groups is 1. The molecule has 0 radical (unpaired) electrons. The monoisotopic (exact) mass is 327 g/mol. The van der Waals surface area contributed by atoms with Crippen LogP contribution in [0.4, 0.5) is 0 Å². The fourth-order valence-corrected chi connectivity index (χ4v) is 3.55. The molecule has 0 unspecified atom stereocenters. The van der Waals surface area contributed by atoms with E-state index in [1.165, 1.54) is 0 Å². The molecule has 1 saturated heterocycles. The molecule has 0 spiro atoms. The first-order chi connectivity index (χ1) is 11.7. The number of aryl methyl sites for hydroxylation is 1. The summed E-state index contributed by atoms with van der Waals surface area (Å²) in [7, 11) is 0. The van der Waals surface area contributed by atoms with Gasteiger partial charge in [0.15, 0.2) is 11.5 Å². The van der Waals surface area contributed by atoms with Crippen LogP contribution in [0.1, 0.15) is 35.1 Å². The highest BCUT2D eigenvalue weighted by molar-refractivity contribution is 5.98. The van der Waals surface area contributed by atoms with Gasteiger partial charge in [-0.2, -0.15) is 0 Å². The molecule has 1 aromatic carbocycles. The topological polar surface area (TPSA) is 56.6 Å². The van der Waals surface area contributed by atoms with E-state index in [1.807, 2.05) is 42.4 Å². The SMILES string of the molecule is Cc1nccn1[C@H]1CCCN(C(=O)c2cccc3c2OCCO3)C1. The predicted molar refractivity (Wildman–Crippen MR) is 88.6 cm³/mol. The highest BCUT2D eigenvalue weighted by atomic mass is 16.6. The first-order valence-electron chi connectivity index (χ1n) is 8.41. The summed E-state index contributed by atoms with van der Waals surface area (Å²) in [6.45, 7) is 4.47. The summed E-state index contributed by atoms with van der Waals surface area (Å²) < 4.78 is 13.5. The highest BCUT2D eigenvalue weighted by Crippen LogP contribution is 2.35. The van der Waals surface area contributed by atoms with Gasteiger partial charge in [0.2, 0.25) is 0 Å². The Labute approximate surface area is 141 Å². The summed E-state index contributed by atoms with van der Waals surface area (Å²) in [4.78, 5) is 19.3. The number of hydrogen-bond acceptors (Lipinski definition) is 4. The number of piperidine rings is 1. The number of nitrogens with zero attached hydrogens (tertiary/aromatic N) is 3. The number of aromatic nitrogens is 2. The molecule has 126 valence electrons. The number of hydrogen-bond donors (Lipinski definition) is 0. The molecule has 1 atom stereocenters. The Morgan fingerprint density at radius 2 is 2.17 bits per heavy atom. The molecule has 4 rings (SSSR count). The van der Waals surface area contributed by atoms with Gasteiger partial charge in [0, 0.05) is 25.5 Å². The summed E-state index contributed by atoms with van der Waals surface area (Å²) in [5.74, 6) is 2.24. The normalized spacial score (nSPS) is 20.0. The van der Waals surface area contributed by atoms with Gasteiger partial charge in [-0.3, -0.25) is 4.79 Å². The van der Waals surface area contributed by atoms with Crippen molar-refractivity contribution in [1.29, 1.82) is 0 Å². The van der Waals surface area contributed by atoms with Crippen LogP contribution in [0.25, 0.3) is 0 Å². The fraction of sp³-hybridized carbons (Fsp3) is 0.444. The lowest BCUT2D eigenvalue weighted by Crippen LogP contribution is -2.41. The molecule has 2 aliphatic rings. The van der Waals surface area contributed by atoms with Crippen LogP contribution in [0.5, 0.6) is 11.5 Å². The Bertz CT molecular complexity index is 756. The van der Waals surface area contributed by atoms with Gasteiger partial charge in [0.25, 0.3) is 5.91 Å². The molecule has 6 nitrogen and oxygen atoms in total. The van der Waals surface area contributed by atoms with Crippen molar-refractivity contribution in [3.05, 3.63) is 42.0 Å². The Kier molecular flexibility index (Phi) is 3.88. The largest absolute Gasteiger partial charge is 0.486 e. The number of imidazole rings is 1. The van der Waals surface area contributed by atoms with Crippen LogP contribution in [0.2, 0.25) is 0 Å². The Hall–Kier alpha value is -2.50. The number of para-hydroxylation sites is 1. The second-order valence-corrected chi connectivity index (χ2v) is 6.26. The third kappa shape index (κ3) is 2.62. The molecule has 1 aromatic heterocycles. The maximum Gasteiger partial charge on any atom is 0.257 e. The van der Waals surface area contributed by atoms with E-state index in [4.69, 9.17) is 9.47 Å². The molecule has 2 aromatic rings. The maximum absolute atomic E-state index is 13.0. The Morgan fingerprint density at radius 3 is 3.00 bits per heavy atom. The van der Waals surface area contributed by atoms with E-state index in [1.54, 1.807) is 0 Å². The molecule has 0 N–H and O–H groups in total. The third-order valence-electron chi connectivity index (χ3n) is 4.74. The molecule has 1 fully saturated rings. The van der Waals surface area contributed by atoms with Crippen LogP contribution in [0.3, 0.4) is 0 Å². The Balaban J connectivity index is 1.57. The van der Waals surface area contributed by atoms with E-state index in [2.05, 4.69) is 9.55 Å². The summed E-state index contributed by atoms with van der Waals surface area (Å²) >= 11 is 0. The fourth-order valence-electron chi connectivity index (χ4n) is 3.55. The van der Waals surface area contributed by atoms with E-state index >= 15 is 0 Å². The van der Waals surface area contributed by atoms with Crippen molar-refractivity contribution in [3.8, 4) is 11.5 Å². The zero-order valence-electron chi connectivity index (χ0n) is 13.8. The van der Waals surface area contributed by atoms with Crippen molar-refractivity contribution in [3.63, 3.8) is 0 Å². The molecule has 0 aliphatic carbocycles. The first-order valence-corrected chi connectivity index (χ1v) is 8.41. The van der Waals surface area contributed by atoms with Gasteiger partial charge in [-0.15, -0.1) is 0 Å². The van der Waals surface area contributed by atoms with Gasteiger partial charge < -0.3 is 18.9 Å². The van der Waals surface area contributed by atoms with Gasteiger partial charge in [-0.1, -0.05) is 6.07 Å². The molecule has 6 heteroatoms. The van der Waals surface area contributed by atoms with Crippen LogP contribution in [-0.2, 0) is 0 Å². The quantitative estimate of drug-likeness (QED) is 0.850. The lowest BCUT2D eigenvalue weighted by molar-refractivity contribution is 0.0668. The summed E-state index contributed by atoms with van der Waals surface area (Å²) in [5.41, 5.74) is 0.593. The van der Waals surface area contributed by atoms with Crippen LogP contribution >= 0.6 is 0 Å². The number of rotatable bonds is 2. The first kappa shape index (κ1) is 15.1. The summed E-state index contributed by atoms with van der Waals surface area (Å²) in [6.07, 6.45) is 5.86. The minimum absolute atomic E-state index is 0.0137.